The zero-order chi connectivity index (χ0) is 18.0. The minimum atomic E-state index is -0.446. The molecule has 134 valence electrons. The Labute approximate surface area is 145 Å². The van der Waals surface area contributed by atoms with Gasteiger partial charge in [-0.15, -0.1) is 0 Å². The lowest BCUT2D eigenvalue weighted by atomic mass is 10.1. The Kier molecular flexibility index (Phi) is 5.03. The van der Waals surface area contributed by atoms with Crippen LogP contribution in [0, 0.1) is 0 Å². The summed E-state index contributed by atoms with van der Waals surface area (Å²) in [6.45, 7) is 8.46. The first-order valence-corrected chi connectivity index (χ1v) is 8.83. The summed E-state index contributed by atoms with van der Waals surface area (Å²) >= 11 is 0. The van der Waals surface area contributed by atoms with Crippen molar-refractivity contribution in [3.05, 3.63) is 44.6 Å². The molecule has 1 aliphatic rings. The molecule has 0 unspecified atom stereocenters. The van der Waals surface area contributed by atoms with E-state index in [1.807, 2.05) is 4.90 Å². The van der Waals surface area contributed by atoms with Crippen LogP contribution in [0.15, 0.2) is 27.8 Å². The van der Waals surface area contributed by atoms with Crippen molar-refractivity contribution in [2.75, 3.05) is 32.7 Å². The van der Waals surface area contributed by atoms with Gasteiger partial charge in [0.25, 0.3) is 11.5 Å². The lowest BCUT2D eigenvalue weighted by molar-refractivity contribution is 0.0762. The largest absolute Gasteiger partial charge is 0.337 e. The fourth-order valence-electron chi connectivity index (χ4n) is 3.35. The number of nitrogens with zero attached hydrogens (tertiary/aromatic N) is 3. The Morgan fingerprint density at radius 3 is 2.60 bits per heavy atom. The molecule has 1 fully saturated rings. The van der Waals surface area contributed by atoms with E-state index in [-0.39, 0.29) is 11.5 Å². The highest BCUT2D eigenvalue weighted by Crippen LogP contribution is 2.13. The molecule has 1 aromatic heterocycles. The summed E-state index contributed by atoms with van der Waals surface area (Å²) in [5, 5.41) is 0.422. The SMILES string of the molecule is CCN1CCCN(C(=O)c2ccc3c(=O)n(CC)c(=O)[nH]c3c2)CC1. The lowest BCUT2D eigenvalue weighted by Crippen LogP contribution is -2.36. The average molecular weight is 344 g/mol. The van der Waals surface area contributed by atoms with Gasteiger partial charge in [-0.3, -0.25) is 14.2 Å². The third kappa shape index (κ3) is 3.37. The van der Waals surface area contributed by atoms with Gasteiger partial charge in [-0.2, -0.15) is 0 Å². The Morgan fingerprint density at radius 1 is 1.08 bits per heavy atom. The van der Waals surface area contributed by atoms with Crippen LogP contribution in [0.1, 0.15) is 30.6 Å². The van der Waals surface area contributed by atoms with Gasteiger partial charge in [-0.05, 0) is 44.6 Å². The molecule has 2 aromatic rings. The third-order valence-corrected chi connectivity index (χ3v) is 4.87. The van der Waals surface area contributed by atoms with Crippen molar-refractivity contribution in [1.82, 2.24) is 19.4 Å². The van der Waals surface area contributed by atoms with E-state index >= 15 is 0 Å². The fraction of sp³-hybridized carbons (Fsp3) is 0.500. The maximum absolute atomic E-state index is 12.8. The van der Waals surface area contributed by atoms with E-state index in [9.17, 15) is 14.4 Å². The highest BCUT2D eigenvalue weighted by molar-refractivity contribution is 5.97. The molecule has 1 saturated heterocycles. The molecule has 1 N–H and O–H groups in total. The average Bonchev–Trinajstić information content (AvgIpc) is 2.86. The molecule has 0 saturated carbocycles. The molecule has 3 rings (SSSR count). The van der Waals surface area contributed by atoms with Crippen molar-refractivity contribution in [3.8, 4) is 0 Å². The number of amides is 1. The van der Waals surface area contributed by atoms with Crippen molar-refractivity contribution >= 4 is 16.8 Å². The maximum Gasteiger partial charge on any atom is 0.328 e. The topological polar surface area (TPSA) is 78.4 Å². The number of hydrogen-bond donors (Lipinski definition) is 1. The Balaban J connectivity index is 1.92. The molecule has 25 heavy (non-hydrogen) atoms. The number of carbonyl (C=O) groups excluding carboxylic acids is 1. The molecule has 0 aliphatic carbocycles. The number of benzene rings is 1. The second kappa shape index (κ2) is 7.23. The summed E-state index contributed by atoms with van der Waals surface area (Å²) in [4.78, 5) is 44.0. The zero-order valence-corrected chi connectivity index (χ0v) is 14.7. The maximum atomic E-state index is 12.8. The third-order valence-electron chi connectivity index (χ3n) is 4.87. The smallest absolute Gasteiger partial charge is 0.328 e. The number of aromatic amines is 1. The predicted molar refractivity (Wildman–Crippen MR) is 97.1 cm³/mol. The van der Waals surface area contributed by atoms with Crippen LogP contribution in [0.25, 0.3) is 10.9 Å². The summed E-state index contributed by atoms with van der Waals surface area (Å²) in [6.07, 6.45) is 0.950. The van der Waals surface area contributed by atoms with E-state index in [0.29, 0.717) is 29.6 Å². The summed E-state index contributed by atoms with van der Waals surface area (Å²) < 4.78 is 1.15. The summed E-state index contributed by atoms with van der Waals surface area (Å²) in [5.41, 5.74) is 0.142. The highest BCUT2D eigenvalue weighted by atomic mass is 16.2. The number of aromatic nitrogens is 2. The van der Waals surface area contributed by atoms with Gasteiger partial charge in [0.2, 0.25) is 0 Å². The zero-order valence-electron chi connectivity index (χ0n) is 14.7. The van der Waals surface area contributed by atoms with Crippen LogP contribution in [0.3, 0.4) is 0 Å². The van der Waals surface area contributed by atoms with Gasteiger partial charge in [-0.25, -0.2) is 4.79 Å². The first-order valence-electron chi connectivity index (χ1n) is 8.83. The first kappa shape index (κ1) is 17.4. The molecular formula is C18H24N4O3. The van der Waals surface area contributed by atoms with Gasteiger partial charge < -0.3 is 14.8 Å². The van der Waals surface area contributed by atoms with E-state index in [2.05, 4.69) is 16.8 Å². The van der Waals surface area contributed by atoms with Gasteiger partial charge in [0.15, 0.2) is 0 Å². The van der Waals surface area contributed by atoms with Crippen LogP contribution in [0.5, 0.6) is 0 Å². The van der Waals surface area contributed by atoms with Gasteiger partial charge in [0, 0.05) is 31.7 Å². The molecule has 1 aromatic carbocycles. The van der Waals surface area contributed by atoms with E-state index in [0.717, 1.165) is 37.2 Å². The normalized spacial score (nSPS) is 16.2. The van der Waals surface area contributed by atoms with Crippen LogP contribution < -0.4 is 11.2 Å². The Morgan fingerprint density at radius 2 is 1.88 bits per heavy atom. The number of hydrogen-bond acceptors (Lipinski definition) is 4. The number of nitrogens with one attached hydrogen (secondary N) is 1. The van der Waals surface area contributed by atoms with Crippen molar-refractivity contribution in [2.24, 2.45) is 0 Å². The molecule has 7 heteroatoms. The monoisotopic (exact) mass is 344 g/mol. The summed E-state index contributed by atoms with van der Waals surface area (Å²) in [7, 11) is 0. The van der Waals surface area contributed by atoms with Crippen LogP contribution in [-0.4, -0.2) is 58.0 Å². The quantitative estimate of drug-likeness (QED) is 0.896. The van der Waals surface area contributed by atoms with Gasteiger partial charge in [0.1, 0.15) is 0 Å². The van der Waals surface area contributed by atoms with Crippen LogP contribution in [-0.2, 0) is 6.54 Å². The van der Waals surface area contributed by atoms with Crippen LogP contribution in [0.4, 0.5) is 0 Å². The lowest BCUT2D eigenvalue weighted by Gasteiger charge is -2.21. The number of fused-ring (bicyclic) bond motifs is 1. The van der Waals surface area contributed by atoms with E-state index in [4.69, 9.17) is 0 Å². The van der Waals surface area contributed by atoms with Crippen molar-refractivity contribution < 1.29 is 4.79 Å². The standard InChI is InChI=1S/C18H24N4O3/c1-3-20-8-5-9-21(11-10-20)16(23)13-6-7-14-15(12-13)19-18(25)22(4-2)17(14)24/h6-7,12H,3-5,8-11H2,1-2H3,(H,19,25). The van der Waals surface area contributed by atoms with Crippen LogP contribution >= 0.6 is 0 Å². The molecule has 0 atom stereocenters. The molecular weight excluding hydrogens is 320 g/mol. The summed E-state index contributed by atoms with van der Waals surface area (Å²) in [6, 6.07) is 4.92. The molecule has 7 nitrogen and oxygen atoms in total. The molecule has 2 heterocycles. The Hall–Kier alpha value is -2.41. The van der Waals surface area contributed by atoms with E-state index in [1.54, 1.807) is 25.1 Å². The predicted octanol–water partition coefficient (Wildman–Crippen LogP) is 0.877. The molecule has 0 radical (unpaired) electrons. The number of rotatable bonds is 3. The highest BCUT2D eigenvalue weighted by Gasteiger charge is 2.20. The van der Waals surface area contributed by atoms with Crippen LogP contribution in [0.2, 0.25) is 0 Å². The van der Waals surface area contributed by atoms with Gasteiger partial charge >= 0.3 is 5.69 Å². The van der Waals surface area contributed by atoms with Crippen molar-refractivity contribution in [1.29, 1.82) is 0 Å². The van der Waals surface area contributed by atoms with E-state index in [1.165, 1.54) is 0 Å². The van der Waals surface area contributed by atoms with Gasteiger partial charge in [0.05, 0.1) is 10.9 Å². The summed E-state index contributed by atoms with van der Waals surface area (Å²) in [5.74, 6) is -0.0552. The van der Waals surface area contributed by atoms with Gasteiger partial charge in [-0.1, -0.05) is 6.92 Å². The fourth-order valence-corrected chi connectivity index (χ4v) is 3.35. The second-order valence-corrected chi connectivity index (χ2v) is 6.32. The minimum Gasteiger partial charge on any atom is -0.337 e. The molecule has 0 spiro atoms. The van der Waals surface area contributed by atoms with E-state index < -0.39 is 5.69 Å². The van der Waals surface area contributed by atoms with Crippen molar-refractivity contribution in [2.45, 2.75) is 26.8 Å². The number of carbonyl (C=O) groups is 1. The molecule has 1 amide bonds. The first-order chi connectivity index (χ1) is 12.0. The van der Waals surface area contributed by atoms with Crippen molar-refractivity contribution in [3.63, 3.8) is 0 Å². The minimum absolute atomic E-state index is 0.0552. The second-order valence-electron chi connectivity index (χ2n) is 6.32. The molecule has 0 bridgehead atoms. The molecule has 1 aliphatic heterocycles. The Bertz CT molecular complexity index is 899. The number of H-pyrrole nitrogens is 1. The number of likely N-dealkylation sites (N-methyl/N-ethyl adjacent to an activating group) is 1.